The first kappa shape index (κ1) is 17.2. The van der Waals surface area contributed by atoms with Gasteiger partial charge in [0, 0.05) is 17.2 Å². The molecular formula is C22H19N2O3-. The molecule has 2 aromatic carbocycles. The number of benzene rings is 2. The summed E-state index contributed by atoms with van der Waals surface area (Å²) in [5.74, 6) is 0.136. The smallest absolute Gasteiger partial charge is 0.174 e. The van der Waals surface area contributed by atoms with Crippen molar-refractivity contribution < 1.29 is 14.6 Å². The summed E-state index contributed by atoms with van der Waals surface area (Å²) in [6.07, 6.45) is 5.39. The van der Waals surface area contributed by atoms with Gasteiger partial charge in [-0.3, -0.25) is 0 Å². The Kier molecular flexibility index (Phi) is 4.33. The van der Waals surface area contributed by atoms with Crippen molar-refractivity contribution in [1.29, 1.82) is 5.26 Å². The summed E-state index contributed by atoms with van der Waals surface area (Å²) < 4.78 is 5.34. The molecule has 0 fully saturated rings. The Labute approximate surface area is 157 Å². The van der Waals surface area contributed by atoms with Crippen LogP contribution in [0.1, 0.15) is 45.4 Å². The van der Waals surface area contributed by atoms with Gasteiger partial charge in [0.25, 0.3) is 0 Å². The van der Waals surface area contributed by atoms with Gasteiger partial charge in [-0.2, -0.15) is 5.26 Å². The fourth-order valence-electron chi connectivity index (χ4n) is 4.25. The summed E-state index contributed by atoms with van der Waals surface area (Å²) in [7, 11) is 0. The number of carboxylic acids is 1. The number of nitrogens with zero attached hydrogens (tertiary/aromatic N) is 1. The van der Waals surface area contributed by atoms with E-state index in [1.807, 2.05) is 43.3 Å². The number of aromatic carboxylic acids is 1. The molecule has 0 bridgehead atoms. The minimum absolute atomic E-state index is 0.0220. The van der Waals surface area contributed by atoms with Crippen LogP contribution in [-0.4, -0.2) is 12.6 Å². The molecule has 0 radical (unpaired) electrons. The highest BCUT2D eigenvalue weighted by Crippen LogP contribution is 2.51. The molecule has 0 amide bonds. The van der Waals surface area contributed by atoms with Crippen LogP contribution in [0.15, 0.2) is 48.6 Å². The van der Waals surface area contributed by atoms with Crippen LogP contribution < -0.4 is 15.2 Å². The lowest BCUT2D eigenvalue weighted by Gasteiger charge is -2.39. The van der Waals surface area contributed by atoms with Crippen molar-refractivity contribution >= 4 is 11.7 Å². The number of nitriles is 1. The third-order valence-electron chi connectivity index (χ3n) is 5.56. The number of carbonyl (C=O) groups excluding carboxylic acids is 1. The molecule has 1 aliphatic carbocycles. The van der Waals surface area contributed by atoms with Crippen LogP contribution in [-0.2, 0) is 0 Å². The zero-order valence-electron chi connectivity index (χ0n) is 14.9. The fourth-order valence-corrected chi connectivity index (χ4v) is 4.25. The highest BCUT2D eigenvalue weighted by molar-refractivity contribution is 5.90. The number of anilines is 1. The van der Waals surface area contributed by atoms with E-state index in [1.54, 1.807) is 6.07 Å². The van der Waals surface area contributed by atoms with Gasteiger partial charge in [-0.15, -0.1) is 0 Å². The summed E-state index contributed by atoms with van der Waals surface area (Å²) >= 11 is 0. The van der Waals surface area contributed by atoms with Crippen molar-refractivity contribution in [3.8, 4) is 11.8 Å². The lowest BCUT2D eigenvalue weighted by molar-refractivity contribution is -0.255. The Balaban J connectivity index is 1.71. The summed E-state index contributed by atoms with van der Waals surface area (Å²) in [6.45, 7) is 1.85. The van der Waals surface area contributed by atoms with E-state index >= 15 is 0 Å². The molecule has 5 nitrogen and oxygen atoms in total. The molecule has 2 aromatic rings. The number of allylic oxidation sites excluding steroid dienone is 2. The molecule has 0 aromatic heterocycles. The van der Waals surface area contributed by atoms with Crippen LogP contribution in [0.4, 0.5) is 5.69 Å². The van der Waals surface area contributed by atoms with E-state index in [9.17, 15) is 9.90 Å². The Hall–Kier alpha value is -3.26. The quantitative estimate of drug-likeness (QED) is 0.848. The molecule has 3 atom stereocenters. The van der Waals surface area contributed by atoms with Gasteiger partial charge in [-0.25, -0.2) is 0 Å². The average molecular weight is 359 g/mol. The minimum atomic E-state index is -1.16. The number of fused-ring (bicyclic) bond motifs is 3. The number of hydrogen-bond acceptors (Lipinski definition) is 5. The van der Waals surface area contributed by atoms with Crippen LogP contribution >= 0.6 is 0 Å². The second-order valence-electron chi connectivity index (χ2n) is 6.98. The Bertz CT molecular complexity index is 957. The van der Waals surface area contributed by atoms with Gasteiger partial charge in [0.1, 0.15) is 11.8 Å². The molecule has 2 aliphatic rings. The number of ether oxygens (including phenoxy) is 1. The molecule has 4 rings (SSSR count). The maximum Gasteiger partial charge on any atom is 0.174 e. The van der Waals surface area contributed by atoms with Crippen molar-refractivity contribution in [1.82, 2.24) is 0 Å². The van der Waals surface area contributed by atoms with E-state index in [4.69, 9.17) is 10.00 Å². The maximum absolute atomic E-state index is 11.4. The van der Waals surface area contributed by atoms with E-state index in [1.165, 1.54) is 0 Å². The molecule has 1 aliphatic heterocycles. The second-order valence-corrected chi connectivity index (χ2v) is 6.98. The number of carbonyl (C=O) groups is 1. The molecule has 1 N–H and O–H groups in total. The van der Waals surface area contributed by atoms with Gasteiger partial charge in [0.2, 0.25) is 0 Å². The molecular weight excluding hydrogens is 340 g/mol. The lowest BCUT2D eigenvalue weighted by Crippen LogP contribution is -2.31. The van der Waals surface area contributed by atoms with Crippen molar-refractivity contribution in [2.45, 2.75) is 25.3 Å². The zero-order valence-corrected chi connectivity index (χ0v) is 14.9. The van der Waals surface area contributed by atoms with Crippen LogP contribution in [0.2, 0.25) is 0 Å². The van der Waals surface area contributed by atoms with Crippen molar-refractivity contribution in [2.24, 2.45) is 5.92 Å². The molecule has 0 saturated carbocycles. The third-order valence-corrected chi connectivity index (χ3v) is 5.56. The number of hydrogen-bond donors (Lipinski definition) is 1. The molecule has 1 heterocycles. The monoisotopic (exact) mass is 359 g/mol. The predicted molar refractivity (Wildman–Crippen MR) is 99.4 cm³/mol. The molecule has 5 heteroatoms. The first-order valence-corrected chi connectivity index (χ1v) is 8.98. The predicted octanol–water partition coefficient (Wildman–Crippen LogP) is 3.09. The van der Waals surface area contributed by atoms with E-state index in [-0.39, 0.29) is 24.1 Å². The molecule has 27 heavy (non-hydrogen) atoms. The van der Waals surface area contributed by atoms with Crippen molar-refractivity contribution in [3.63, 3.8) is 0 Å². The van der Waals surface area contributed by atoms with Gasteiger partial charge < -0.3 is 20.0 Å². The molecule has 136 valence electrons. The fraction of sp³-hybridized carbons (Fsp3) is 0.273. The maximum atomic E-state index is 11.4. The standard InChI is InChI=1S/C22H20N2O3/c1-13-16(22(25)26)9-10-19-17-3-2-4-18(17)21(24-20(13)19)14-5-7-15(8-6-14)27-12-11-23/h2-3,5-10,17-18,21,24H,4,12H2,1H3,(H,25,26)/p-1/t17-,18-,21+/m1/s1. The summed E-state index contributed by atoms with van der Waals surface area (Å²) in [5.41, 5.74) is 4.08. The largest absolute Gasteiger partial charge is 0.545 e. The summed E-state index contributed by atoms with van der Waals surface area (Å²) in [4.78, 5) is 11.4. The van der Waals surface area contributed by atoms with Crippen LogP contribution in [0, 0.1) is 24.2 Å². The van der Waals surface area contributed by atoms with Gasteiger partial charge in [-0.1, -0.05) is 36.4 Å². The summed E-state index contributed by atoms with van der Waals surface area (Å²) in [6, 6.07) is 13.3. The number of rotatable bonds is 4. The molecule has 0 saturated heterocycles. The van der Waals surface area contributed by atoms with E-state index in [0.29, 0.717) is 17.2 Å². The Morgan fingerprint density at radius 2 is 2.07 bits per heavy atom. The Morgan fingerprint density at radius 1 is 1.30 bits per heavy atom. The van der Waals surface area contributed by atoms with Crippen LogP contribution in [0.3, 0.4) is 0 Å². The normalized spacial score (nSPS) is 22.3. The highest BCUT2D eigenvalue weighted by Gasteiger charge is 2.38. The average Bonchev–Trinajstić information content (AvgIpc) is 3.16. The van der Waals surface area contributed by atoms with Crippen molar-refractivity contribution in [2.75, 3.05) is 11.9 Å². The van der Waals surface area contributed by atoms with E-state index in [2.05, 4.69) is 17.5 Å². The van der Waals surface area contributed by atoms with Gasteiger partial charge >= 0.3 is 0 Å². The lowest BCUT2D eigenvalue weighted by atomic mass is 9.76. The second kappa shape index (κ2) is 6.81. The van der Waals surface area contributed by atoms with Crippen molar-refractivity contribution in [3.05, 3.63) is 70.8 Å². The van der Waals surface area contributed by atoms with E-state index in [0.717, 1.165) is 23.2 Å². The van der Waals surface area contributed by atoms with Gasteiger partial charge in [0.05, 0.1) is 12.0 Å². The zero-order chi connectivity index (χ0) is 19.0. The highest BCUT2D eigenvalue weighted by atomic mass is 16.5. The molecule has 0 unspecified atom stereocenters. The van der Waals surface area contributed by atoms with Crippen LogP contribution in [0.5, 0.6) is 5.75 Å². The van der Waals surface area contributed by atoms with Gasteiger partial charge in [0.15, 0.2) is 6.61 Å². The van der Waals surface area contributed by atoms with Gasteiger partial charge in [-0.05, 0) is 48.1 Å². The molecule has 0 spiro atoms. The van der Waals surface area contributed by atoms with Crippen LogP contribution in [0.25, 0.3) is 0 Å². The minimum Gasteiger partial charge on any atom is -0.545 e. The Morgan fingerprint density at radius 3 is 2.78 bits per heavy atom. The summed E-state index contributed by atoms with van der Waals surface area (Å²) in [5, 5.41) is 23.6. The number of nitrogens with one attached hydrogen (secondary N) is 1. The number of carboxylic acid groups (broad SMARTS) is 1. The third kappa shape index (κ3) is 2.93. The van der Waals surface area contributed by atoms with E-state index < -0.39 is 5.97 Å². The first-order chi connectivity index (χ1) is 13.1. The topological polar surface area (TPSA) is 85.2 Å². The first-order valence-electron chi connectivity index (χ1n) is 8.98. The SMILES string of the molecule is Cc1c(C(=O)[O-])ccc2c1N[C@@H](c1ccc(OCC#N)cc1)[C@@H]1CC=C[C@@H]21.